The maximum atomic E-state index is 12.7. The molecular formula is C22H26N4O5. The highest BCUT2D eigenvalue weighted by molar-refractivity contribution is 5.96. The Morgan fingerprint density at radius 3 is 2.68 bits per heavy atom. The Balaban J connectivity index is 1.53. The molecule has 0 spiro atoms. The molecule has 0 saturated heterocycles. The van der Waals surface area contributed by atoms with Gasteiger partial charge in [0.05, 0.1) is 22.8 Å². The van der Waals surface area contributed by atoms with Crippen LogP contribution in [0, 0.1) is 0 Å². The molecule has 164 valence electrons. The van der Waals surface area contributed by atoms with E-state index >= 15 is 0 Å². The number of hydrogen-bond acceptors (Lipinski definition) is 6. The first-order chi connectivity index (χ1) is 14.7. The predicted molar refractivity (Wildman–Crippen MR) is 116 cm³/mol. The van der Waals surface area contributed by atoms with E-state index in [1.165, 1.54) is 12.1 Å². The summed E-state index contributed by atoms with van der Waals surface area (Å²) in [6, 6.07) is 10.4. The number of para-hydroxylation sites is 2. The van der Waals surface area contributed by atoms with Crippen LogP contribution in [0.15, 0.2) is 41.2 Å². The van der Waals surface area contributed by atoms with Gasteiger partial charge in [0.1, 0.15) is 11.5 Å². The van der Waals surface area contributed by atoms with Gasteiger partial charge in [-0.2, -0.15) is 0 Å². The third-order valence-corrected chi connectivity index (χ3v) is 5.46. The van der Waals surface area contributed by atoms with Crippen molar-refractivity contribution in [2.45, 2.75) is 32.0 Å². The first-order valence-corrected chi connectivity index (χ1v) is 10.0. The number of aromatic hydroxyl groups is 1. The van der Waals surface area contributed by atoms with Crippen molar-refractivity contribution in [2.75, 3.05) is 18.5 Å². The number of nitrogens with zero attached hydrogens (tertiary/aromatic N) is 2. The van der Waals surface area contributed by atoms with Crippen LogP contribution in [0.3, 0.4) is 0 Å². The largest absolute Gasteiger partial charge is 0.508 e. The number of aliphatic hydroxyl groups excluding tert-OH is 1. The van der Waals surface area contributed by atoms with Crippen molar-refractivity contribution in [3.63, 3.8) is 0 Å². The van der Waals surface area contributed by atoms with Gasteiger partial charge in [0.2, 0.25) is 0 Å². The van der Waals surface area contributed by atoms with Gasteiger partial charge >= 0.3 is 5.69 Å². The van der Waals surface area contributed by atoms with Crippen molar-refractivity contribution in [3.05, 3.63) is 52.4 Å². The number of hydrogen-bond donors (Lipinski definition) is 4. The molecule has 0 bridgehead atoms. The number of benzene rings is 2. The normalized spacial score (nSPS) is 14.8. The fourth-order valence-corrected chi connectivity index (χ4v) is 3.91. The smallest absolute Gasteiger partial charge is 0.328 e. The molecule has 2 heterocycles. The van der Waals surface area contributed by atoms with Crippen LogP contribution in [-0.4, -0.2) is 43.9 Å². The number of phenolic OH excluding ortho intramolecular Hbond substituents is 1. The lowest BCUT2D eigenvalue weighted by Gasteiger charge is -2.29. The number of phenols is 1. The van der Waals surface area contributed by atoms with Crippen molar-refractivity contribution in [1.29, 1.82) is 0 Å². The number of anilines is 1. The van der Waals surface area contributed by atoms with Crippen LogP contribution < -0.4 is 21.1 Å². The van der Waals surface area contributed by atoms with Crippen LogP contribution in [0.2, 0.25) is 0 Å². The number of carbonyl (C=O) groups excluding carboxylic acids is 1. The second-order valence-electron chi connectivity index (χ2n) is 8.45. The average molecular weight is 426 g/mol. The molecular weight excluding hydrogens is 400 g/mol. The molecule has 1 aliphatic heterocycles. The van der Waals surface area contributed by atoms with Gasteiger partial charge in [0, 0.05) is 37.3 Å². The highest BCUT2D eigenvalue weighted by Crippen LogP contribution is 2.38. The maximum absolute atomic E-state index is 12.7. The van der Waals surface area contributed by atoms with E-state index in [9.17, 15) is 19.8 Å². The lowest BCUT2D eigenvalue weighted by Crippen LogP contribution is -2.46. The summed E-state index contributed by atoms with van der Waals surface area (Å²) in [5, 5.41) is 26.7. The summed E-state index contributed by atoms with van der Waals surface area (Å²) in [7, 11) is 1.75. The molecule has 2 aromatic carbocycles. The van der Waals surface area contributed by atoms with E-state index in [2.05, 4.69) is 10.6 Å². The van der Waals surface area contributed by atoms with E-state index in [0.717, 1.165) is 11.0 Å². The van der Waals surface area contributed by atoms with Gasteiger partial charge < -0.3 is 25.6 Å². The maximum Gasteiger partial charge on any atom is 0.328 e. The van der Waals surface area contributed by atoms with Gasteiger partial charge in [-0.3, -0.25) is 13.9 Å². The summed E-state index contributed by atoms with van der Waals surface area (Å²) in [5.74, 6) is -0.0618. The number of ether oxygens (including phenoxy) is 1. The monoisotopic (exact) mass is 426 g/mol. The third-order valence-electron chi connectivity index (χ3n) is 5.46. The van der Waals surface area contributed by atoms with E-state index in [1.54, 1.807) is 16.2 Å². The van der Waals surface area contributed by atoms with E-state index in [-0.39, 0.29) is 30.5 Å². The summed E-state index contributed by atoms with van der Waals surface area (Å²) >= 11 is 0. The zero-order valence-electron chi connectivity index (χ0n) is 17.7. The molecule has 1 amide bonds. The second-order valence-corrected chi connectivity index (χ2v) is 8.45. The molecule has 9 heteroatoms. The second kappa shape index (κ2) is 7.75. The highest BCUT2D eigenvalue weighted by Gasteiger charge is 2.27. The van der Waals surface area contributed by atoms with Crippen LogP contribution in [0.1, 0.15) is 25.5 Å². The Labute approximate surface area is 178 Å². The van der Waals surface area contributed by atoms with Crippen molar-refractivity contribution in [1.82, 2.24) is 14.5 Å². The van der Waals surface area contributed by atoms with Gasteiger partial charge in [-0.1, -0.05) is 12.1 Å². The van der Waals surface area contributed by atoms with Crippen LogP contribution in [0.4, 0.5) is 5.69 Å². The highest BCUT2D eigenvalue weighted by atomic mass is 16.5. The summed E-state index contributed by atoms with van der Waals surface area (Å²) in [6.07, 6.45) is -1.00. The number of carbonyl (C=O) groups is 1. The lowest BCUT2D eigenvalue weighted by atomic mass is 10.0. The standard InChI is InChI=1S/C22H26N4O5/c1-22(2,12-26-17-7-5-4-6-16(17)25(3)21(26)30)23-10-18(28)14-8-13(27)9-15-20(14)31-11-19(29)24-15/h4-9,18,23,27-28H,10-12H2,1-3H3,(H,24,29)/t18-/m0/s1. The summed E-state index contributed by atoms with van der Waals surface area (Å²) in [5.41, 5.74) is 1.77. The van der Waals surface area contributed by atoms with Crippen LogP contribution >= 0.6 is 0 Å². The summed E-state index contributed by atoms with van der Waals surface area (Å²) in [4.78, 5) is 24.3. The number of imidazole rings is 1. The zero-order valence-corrected chi connectivity index (χ0v) is 17.7. The Bertz CT molecular complexity index is 1210. The number of aliphatic hydroxyl groups is 1. The fraction of sp³-hybridized carbons (Fsp3) is 0.364. The number of fused-ring (bicyclic) bond motifs is 2. The molecule has 9 nitrogen and oxygen atoms in total. The van der Waals surface area contributed by atoms with Gasteiger partial charge in [0.15, 0.2) is 6.61 Å². The van der Waals surface area contributed by atoms with Gasteiger partial charge in [-0.15, -0.1) is 0 Å². The molecule has 0 radical (unpaired) electrons. The van der Waals surface area contributed by atoms with E-state index in [0.29, 0.717) is 23.5 Å². The molecule has 0 unspecified atom stereocenters. The number of β-amino-alcohol motifs (C(OH)–C–C–N with tert-alkyl or cyclic N) is 1. The molecule has 3 aromatic rings. The first-order valence-electron chi connectivity index (χ1n) is 10.0. The van der Waals surface area contributed by atoms with Gasteiger partial charge in [-0.25, -0.2) is 4.79 Å². The summed E-state index contributed by atoms with van der Waals surface area (Å²) in [6.45, 7) is 4.29. The molecule has 4 rings (SSSR count). The van der Waals surface area contributed by atoms with Gasteiger partial charge in [0.25, 0.3) is 5.91 Å². The minimum atomic E-state index is -1.00. The van der Waals surface area contributed by atoms with Crippen molar-refractivity contribution < 1.29 is 19.7 Å². The molecule has 1 aliphatic rings. The van der Waals surface area contributed by atoms with Crippen LogP contribution in [-0.2, 0) is 18.4 Å². The third kappa shape index (κ3) is 4.01. The Kier molecular flexibility index (Phi) is 5.24. The van der Waals surface area contributed by atoms with E-state index in [1.807, 2.05) is 38.1 Å². The lowest BCUT2D eigenvalue weighted by molar-refractivity contribution is -0.118. The average Bonchev–Trinajstić information content (AvgIpc) is 2.96. The topological polar surface area (TPSA) is 118 Å². The number of aromatic nitrogens is 2. The minimum Gasteiger partial charge on any atom is -0.508 e. The Morgan fingerprint density at radius 1 is 1.23 bits per heavy atom. The molecule has 0 fully saturated rings. The van der Waals surface area contributed by atoms with Crippen LogP contribution in [0.25, 0.3) is 11.0 Å². The molecule has 1 atom stereocenters. The SMILES string of the molecule is Cn1c(=O)n(CC(C)(C)NC[C@H](O)c2cc(O)cc3c2OCC(=O)N3)c2ccccc21. The molecule has 0 aliphatic carbocycles. The Hall–Kier alpha value is -3.30. The van der Waals surface area contributed by atoms with Crippen LogP contribution in [0.5, 0.6) is 11.5 Å². The molecule has 31 heavy (non-hydrogen) atoms. The first kappa shape index (κ1) is 21.0. The Morgan fingerprint density at radius 2 is 1.94 bits per heavy atom. The van der Waals surface area contributed by atoms with E-state index < -0.39 is 11.6 Å². The predicted octanol–water partition coefficient (Wildman–Crippen LogP) is 1.48. The van der Waals surface area contributed by atoms with Crippen molar-refractivity contribution in [2.24, 2.45) is 7.05 Å². The van der Waals surface area contributed by atoms with Gasteiger partial charge in [-0.05, 0) is 32.0 Å². The molecule has 4 N–H and O–H groups in total. The van der Waals surface area contributed by atoms with Crippen molar-refractivity contribution in [3.8, 4) is 11.5 Å². The molecule has 1 aromatic heterocycles. The number of rotatable bonds is 6. The van der Waals surface area contributed by atoms with Crippen molar-refractivity contribution >= 4 is 22.6 Å². The number of amides is 1. The molecule has 0 saturated carbocycles. The number of nitrogens with one attached hydrogen (secondary N) is 2. The zero-order chi connectivity index (χ0) is 22.3. The minimum absolute atomic E-state index is 0.0832. The van der Waals surface area contributed by atoms with E-state index in [4.69, 9.17) is 4.74 Å². The number of aryl methyl sites for hydroxylation is 1. The quantitative estimate of drug-likeness (QED) is 0.474. The fourth-order valence-electron chi connectivity index (χ4n) is 3.91. The summed E-state index contributed by atoms with van der Waals surface area (Å²) < 4.78 is 8.81.